The molecule has 1 aliphatic heterocycles. The Morgan fingerprint density at radius 1 is 1.28 bits per heavy atom. The molecule has 0 saturated carbocycles. The monoisotopic (exact) mass is 620 g/mol. The van der Waals surface area contributed by atoms with Crippen LogP contribution in [0, 0.1) is 16.0 Å². The van der Waals surface area contributed by atoms with Crippen molar-refractivity contribution >= 4 is 27.3 Å². The number of benzene rings is 1. The lowest BCUT2D eigenvalue weighted by atomic mass is 9.93. The number of aryl methyl sites for hydroxylation is 2. The maximum atomic E-state index is 13.7. The molecule has 0 amide bonds. The predicted molar refractivity (Wildman–Crippen MR) is 156 cm³/mol. The van der Waals surface area contributed by atoms with Gasteiger partial charge in [0.25, 0.3) is 10.6 Å². The van der Waals surface area contributed by atoms with Gasteiger partial charge in [0.05, 0.1) is 35.1 Å². The number of nitrogens with one attached hydrogen (secondary N) is 1. The molecule has 0 aliphatic carbocycles. The first-order valence-corrected chi connectivity index (χ1v) is 15.5. The van der Waals surface area contributed by atoms with Crippen molar-refractivity contribution in [1.29, 1.82) is 0 Å². The highest BCUT2D eigenvalue weighted by Crippen LogP contribution is 2.34. The maximum Gasteiger partial charge on any atom is 0.294 e. The topological polar surface area (TPSA) is 202 Å². The van der Waals surface area contributed by atoms with Crippen LogP contribution in [0.1, 0.15) is 50.8 Å². The van der Waals surface area contributed by atoms with E-state index in [1.54, 1.807) is 11.6 Å². The molecule has 4 rings (SSSR count). The lowest BCUT2D eigenvalue weighted by Gasteiger charge is -2.33. The van der Waals surface area contributed by atoms with Crippen molar-refractivity contribution in [2.24, 2.45) is 18.1 Å². The van der Waals surface area contributed by atoms with Gasteiger partial charge in [0.1, 0.15) is 29.2 Å². The number of fused-ring (bicyclic) bond motifs is 1. The predicted octanol–water partition coefficient (Wildman–Crippen LogP) is 2.45. The van der Waals surface area contributed by atoms with E-state index in [-0.39, 0.29) is 35.2 Å². The van der Waals surface area contributed by atoms with Gasteiger partial charge < -0.3 is 29.4 Å². The number of sulfonamides is 1. The van der Waals surface area contributed by atoms with Crippen molar-refractivity contribution in [3.8, 4) is 17.1 Å². The van der Waals surface area contributed by atoms with Crippen LogP contribution in [0.2, 0.25) is 0 Å². The molecular formula is C27H36N6O9S. The molecule has 3 heterocycles. The van der Waals surface area contributed by atoms with E-state index in [4.69, 9.17) is 9.72 Å². The zero-order valence-electron chi connectivity index (χ0n) is 24.2. The fourth-order valence-corrected chi connectivity index (χ4v) is 6.89. The Kier molecular flexibility index (Phi) is 10.0. The normalized spacial score (nSPS) is 15.7. The second-order valence-electron chi connectivity index (χ2n) is 10.4. The van der Waals surface area contributed by atoms with Crippen LogP contribution >= 0.6 is 0 Å². The largest absolute Gasteiger partial charge is 0.493 e. The number of nitrogens with zero attached hydrogens (tertiary/aromatic N) is 5. The number of hydrogen-bond donors (Lipinski definition) is 3. The molecule has 3 aromatic rings. The number of aromatic nitrogens is 3. The Labute approximate surface area is 247 Å². The molecule has 1 aromatic carbocycles. The lowest BCUT2D eigenvalue weighted by molar-refractivity contribution is -0.759. The van der Waals surface area contributed by atoms with Crippen molar-refractivity contribution < 1.29 is 33.4 Å². The molecule has 1 unspecified atom stereocenters. The molecule has 3 N–H and O–H groups in total. The fraction of sp³-hybridized carbons (Fsp3) is 0.519. The van der Waals surface area contributed by atoms with Crippen LogP contribution < -0.4 is 10.3 Å². The van der Waals surface area contributed by atoms with Crippen LogP contribution in [0.4, 0.5) is 0 Å². The zero-order valence-corrected chi connectivity index (χ0v) is 25.0. The average Bonchev–Trinajstić information content (AvgIpc) is 3.25. The molecule has 15 nitrogen and oxygen atoms in total. The molecule has 43 heavy (non-hydrogen) atoms. The van der Waals surface area contributed by atoms with E-state index in [2.05, 4.69) is 15.0 Å². The summed E-state index contributed by atoms with van der Waals surface area (Å²) in [6.45, 7) is 3.99. The maximum absolute atomic E-state index is 13.7. The molecule has 0 radical (unpaired) electrons. The second kappa shape index (κ2) is 13.5. The van der Waals surface area contributed by atoms with Crippen molar-refractivity contribution in [3.63, 3.8) is 0 Å². The van der Waals surface area contributed by atoms with Crippen molar-refractivity contribution in [3.05, 3.63) is 49.9 Å². The number of oxime groups is 1. The third kappa shape index (κ3) is 6.65. The fourth-order valence-electron chi connectivity index (χ4n) is 5.39. The molecular weight excluding hydrogens is 584 g/mol. The van der Waals surface area contributed by atoms with Gasteiger partial charge in [-0.15, -0.1) is 10.1 Å². The molecule has 234 valence electrons. The van der Waals surface area contributed by atoms with Crippen LogP contribution in [-0.4, -0.2) is 81.3 Å². The number of hydrogen-bond acceptors (Lipinski definition) is 11. The van der Waals surface area contributed by atoms with E-state index < -0.39 is 33.4 Å². The summed E-state index contributed by atoms with van der Waals surface area (Å²) in [7, 11) is -2.32. The Morgan fingerprint density at radius 3 is 2.63 bits per heavy atom. The van der Waals surface area contributed by atoms with Gasteiger partial charge in [-0.05, 0) is 49.8 Å². The molecule has 1 saturated heterocycles. The Morgan fingerprint density at radius 2 is 2.00 bits per heavy atom. The highest BCUT2D eigenvalue weighted by molar-refractivity contribution is 7.89. The third-order valence-electron chi connectivity index (χ3n) is 7.57. The second-order valence-corrected chi connectivity index (χ2v) is 12.3. The highest BCUT2D eigenvalue weighted by atomic mass is 32.2. The van der Waals surface area contributed by atoms with Crippen LogP contribution in [-0.2, 0) is 28.3 Å². The number of H-pyrrole nitrogens is 1. The van der Waals surface area contributed by atoms with Crippen LogP contribution in [0.25, 0.3) is 22.4 Å². The molecule has 2 aromatic heterocycles. The van der Waals surface area contributed by atoms with Crippen LogP contribution in [0.5, 0.6) is 5.75 Å². The number of piperidine rings is 1. The van der Waals surface area contributed by atoms with Gasteiger partial charge in [-0.25, -0.2) is 13.4 Å². The average molecular weight is 621 g/mol. The summed E-state index contributed by atoms with van der Waals surface area (Å²) in [6, 6.07) is 4.40. The zero-order chi connectivity index (χ0) is 31.3. The third-order valence-corrected chi connectivity index (χ3v) is 9.46. The number of ether oxygens (including phenoxy) is 1. The molecule has 1 atom stereocenters. The van der Waals surface area contributed by atoms with Crippen molar-refractivity contribution in [2.75, 3.05) is 26.3 Å². The minimum absolute atomic E-state index is 0.0280. The van der Waals surface area contributed by atoms with Crippen molar-refractivity contribution in [1.82, 2.24) is 18.8 Å². The first-order valence-electron chi connectivity index (χ1n) is 14.0. The quantitative estimate of drug-likeness (QED) is 0.110. The number of rotatable bonds is 13. The summed E-state index contributed by atoms with van der Waals surface area (Å²) in [5, 5.41) is 32.1. The van der Waals surface area contributed by atoms with Gasteiger partial charge in [-0.1, -0.05) is 25.4 Å². The van der Waals surface area contributed by atoms with E-state index in [1.807, 2.05) is 13.8 Å². The number of aliphatic hydroxyl groups excluding tert-OH is 1. The van der Waals surface area contributed by atoms with E-state index in [0.717, 1.165) is 12.0 Å². The summed E-state index contributed by atoms with van der Waals surface area (Å²) < 4.78 is 36.2. The summed E-state index contributed by atoms with van der Waals surface area (Å²) in [4.78, 5) is 35.6. The molecule has 16 heteroatoms. The SMILES string of the molecule is CCCOc1ccc(S(=O)(=O)N2CCC(C(O)CO[N+](=O)[O-])CC2)cc1-c1nc2c(CCC)c(C=NO)n(C)c2c(=O)[nH]1. The van der Waals surface area contributed by atoms with Gasteiger partial charge in [-0.3, -0.25) is 4.79 Å². The lowest BCUT2D eigenvalue weighted by Crippen LogP contribution is -2.42. The summed E-state index contributed by atoms with van der Waals surface area (Å²) in [6.07, 6.45) is 2.76. The highest BCUT2D eigenvalue weighted by Gasteiger charge is 2.33. The standard InChI is InChI=1S/C27H36N6O9S/c1-4-6-19-21(15-28-36)31(3)25-24(19)29-26(30-27(25)35)20-14-18(7-8-23(20)41-13-5-2)43(39,40)32-11-9-17(10-12-32)22(34)16-42-33(37)38/h7-8,14-15,17,22,34,36H,4-6,9-13,16H2,1-3H3,(H,29,30,35). The smallest absolute Gasteiger partial charge is 0.294 e. The van der Waals surface area contributed by atoms with Gasteiger partial charge in [-0.2, -0.15) is 4.31 Å². The summed E-state index contributed by atoms with van der Waals surface area (Å²) >= 11 is 0. The Balaban J connectivity index is 1.73. The molecule has 0 spiro atoms. The van der Waals surface area contributed by atoms with E-state index in [9.17, 15) is 33.6 Å². The number of aliphatic hydroxyl groups is 1. The van der Waals surface area contributed by atoms with Gasteiger partial charge in [0.15, 0.2) is 0 Å². The van der Waals surface area contributed by atoms with Gasteiger partial charge in [0.2, 0.25) is 10.0 Å². The molecule has 1 fully saturated rings. The Hall–Kier alpha value is -4.02. The van der Waals surface area contributed by atoms with Gasteiger partial charge >= 0.3 is 0 Å². The van der Waals surface area contributed by atoms with E-state index in [1.165, 1.54) is 28.7 Å². The molecule has 0 bridgehead atoms. The number of aromatic amines is 1. The van der Waals surface area contributed by atoms with Gasteiger partial charge in [0, 0.05) is 25.7 Å². The first-order chi connectivity index (χ1) is 20.5. The minimum Gasteiger partial charge on any atom is -0.493 e. The van der Waals surface area contributed by atoms with E-state index in [0.29, 0.717) is 54.8 Å². The summed E-state index contributed by atoms with van der Waals surface area (Å²) in [5.74, 6) is 0.126. The summed E-state index contributed by atoms with van der Waals surface area (Å²) in [5.41, 5.74) is 1.80. The van der Waals surface area contributed by atoms with Crippen LogP contribution in [0.15, 0.2) is 33.0 Å². The van der Waals surface area contributed by atoms with E-state index >= 15 is 0 Å². The van der Waals surface area contributed by atoms with Crippen LogP contribution in [0.3, 0.4) is 0 Å². The minimum atomic E-state index is -4.00. The molecule has 1 aliphatic rings. The van der Waals surface area contributed by atoms with Crippen molar-refractivity contribution in [2.45, 2.75) is 57.0 Å². The Bertz CT molecular complexity index is 1660. The first kappa shape index (κ1) is 31.9.